The minimum Gasteiger partial charge on any atom is -0.341 e. The zero-order valence-electron chi connectivity index (χ0n) is 12.1. The molecule has 1 atom stereocenters. The van der Waals surface area contributed by atoms with Gasteiger partial charge >= 0.3 is 0 Å². The van der Waals surface area contributed by atoms with Gasteiger partial charge in [-0.25, -0.2) is 0 Å². The molecule has 0 aromatic heterocycles. The largest absolute Gasteiger partial charge is 0.341 e. The van der Waals surface area contributed by atoms with Crippen LogP contribution in [0.4, 0.5) is 0 Å². The fourth-order valence-corrected chi connectivity index (χ4v) is 3.91. The smallest absolute Gasteiger partial charge is 0.223 e. The Balaban J connectivity index is 1.80. The second-order valence-electron chi connectivity index (χ2n) is 6.43. The summed E-state index contributed by atoms with van der Waals surface area (Å²) >= 11 is 0. The summed E-state index contributed by atoms with van der Waals surface area (Å²) in [5, 5.41) is 0. The van der Waals surface area contributed by atoms with Crippen LogP contribution in [0.15, 0.2) is 30.3 Å². The first-order valence-electron chi connectivity index (χ1n) is 7.77. The van der Waals surface area contributed by atoms with E-state index < -0.39 is 0 Å². The summed E-state index contributed by atoms with van der Waals surface area (Å²) < 4.78 is 0. The van der Waals surface area contributed by atoms with Crippen molar-refractivity contribution in [2.45, 2.75) is 37.5 Å². The first kappa shape index (κ1) is 13.6. The van der Waals surface area contributed by atoms with Gasteiger partial charge in [0.2, 0.25) is 5.91 Å². The highest BCUT2D eigenvalue weighted by Gasteiger charge is 2.40. The molecule has 3 heteroatoms. The molecule has 108 valence electrons. The van der Waals surface area contributed by atoms with E-state index in [2.05, 4.69) is 35.2 Å². The number of amides is 1. The Kier molecular flexibility index (Phi) is 3.79. The molecule has 1 saturated heterocycles. The van der Waals surface area contributed by atoms with Crippen molar-refractivity contribution in [2.24, 2.45) is 11.7 Å². The van der Waals surface area contributed by atoms with Gasteiger partial charge in [-0.2, -0.15) is 0 Å². The molecule has 1 heterocycles. The summed E-state index contributed by atoms with van der Waals surface area (Å²) in [6.07, 6.45) is 5.60. The first-order valence-corrected chi connectivity index (χ1v) is 7.77. The summed E-state index contributed by atoms with van der Waals surface area (Å²) in [6, 6.07) is 10.8. The van der Waals surface area contributed by atoms with Gasteiger partial charge in [-0.05, 0) is 30.9 Å². The molecule has 0 bridgehead atoms. The van der Waals surface area contributed by atoms with Crippen molar-refractivity contribution < 1.29 is 4.79 Å². The number of carbonyl (C=O) groups is 1. The minimum absolute atomic E-state index is 0.181. The zero-order chi connectivity index (χ0) is 14.0. The SMILES string of the molecule is NCC1CC(=O)N(CC2(c3ccccc3)CCCC2)C1. The summed E-state index contributed by atoms with van der Waals surface area (Å²) in [4.78, 5) is 14.2. The lowest BCUT2D eigenvalue weighted by atomic mass is 9.78. The molecule has 0 spiro atoms. The third kappa shape index (κ3) is 2.47. The van der Waals surface area contributed by atoms with Crippen LogP contribution < -0.4 is 5.73 Å². The van der Waals surface area contributed by atoms with E-state index in [0.29, 0.717) is 24.8 Å². The van der Waals surface area contributed by atoms with E-state index in [0.717, 1.165) is 13.1 Å². The molecule has 2 aliphatic rings. The van der Waals surface area contributed by atoms with Gasteiger partial charge in [0.1, 0.15) is 0 Å². The average Bonchev–Trinajstić information content (AvgIpc) is 3.09. The Bertz CT molecular complexity index is 465. The lowest BCUT2D eigenvalue weighted by Gasteiger charge is -2.34. The molecule has 0 radical (unpaired) electrons. The normalized spacial score (nSPS) is 25.4. The highest BCUT2D eigenvalue weighted by molar-refractivity contribution is 5.78. The average molecular weight is 272 g/mol. The molecule has 2 N–H and O–H groups in total. The predicted molar refractivity (Wildman–Crippen MR) is 80.3 cm³/mol. The van der Waals surface area contributed by atoms with Crippen LogP contribution in [0.3, 0.4) is 0 Å². The van der Waals surface area contributed by atoms with Gasteiger partial charge in [0.05, 0.1) is 0 Å². The van der Waals surface area contributed by atoms with Gasteiger partial charge in [-0.1, -0.05) is 43.2 Å². The quantitative estimate of drug-likeness (QED) is 0.914. The van der Waals surface area contributed by atoms with Crippen LogP contribution in [0.25, 0.3) is 0 Å². The predicted octanol–water partition coefficient (Wildman–Crippen LogP) is 2.31. The molecule has 1 aromatic rings. The Morgan fingerprint density at radius 1 is 1.20 bits per heavy atom. The van der Waals surface area contributed by atoms with Gasteiger partial charge in [0.15, 0.2) is 0 Å². The van der Waals surface area contributed by atoms with E-state index >= 15 is 0 Å². The van der Waals surface area contributed by atoms with Crippen molar-refractivity contribution in [3.63, 3.8) is 0 Å². The summed E-state index contributed by atoms with van der Waals surface area (Å²) in [7, 11) is 0. The standard InChI is InChI=1S/C17H24N2O/c18-11-14-10-16(20)19(12-14)13-17(8-4-5-9-17)15-6-2-1-3-7-15/h1-3,6-7,14H,4-5,8-13,18H2. The minimum atomic E-state index is 0.181. The van der Waals surface area contributed by atoms with Crippen LogP contribution in [0, 0.1) is 5.92 Å². The molecular formula is C17H24N2O. The number of likely N-dealkylation sites (tertiary alicyclic amines) is 1. The molecule has 1 saturated carbocycles. The number of nitrogens with zero attached hydrogens (tertiary/aromatic N) is 1. The molecule has 1 unspecified atom stereocenters. The number of carbonyl (C=O) groups excluding carboxylic acids is 1. The number of rotatable bonds is 4. The van der Waals surface area contributed by atoms with Crippen molar-refractivity contribution >= 4 is 5.91 Å². The number of hydrogen-bond donors (Lipinski definition) is 1. The summed E-state index contributed by atoms with van der Waals surface area (Å²) in [5.41, 5.74) is 7.32. The fraction of sp³-hybridized carbons (Fsp3) is 0.588. The van der Waals surface area contributed by atoms with Crippen LogP contribution in [0.2, 0.25) is 0 Å². The molecule has 1 aliphatic heterocycles. The lowest BCUT2D eigenvalue weighted by molar-refractivity contribution is -0.128. The van der Waals surface area contributed by atoms with Crippen molar-refractivity contribution in [2.75, 3.05) is 19.6 Å². The van der Waals surface area contributed by atoms with Crippen molar-refractivity contribution in [3.05, 3.63) is 35.9 Å². The molecule has 1 amide bonds. The highest BCUT2D eigenvalue weighted by Crippen LogP contribution is 2.42. The van der Waals surface area contributed by atoms with E-state index in [1.54, 1.807) is 0 Å². The topological polar surface area (TPSA) is 46.3 Å². The van der Waals surface area contributed by atoms with Gasteiger partial charge in [0, 0.05) is 24.9 Å². The highest BCUT2D eigenvalue weighted by atomic mass is 16.2. The molecule has 3 rings (SSSR count). The van der Waals surface area contributed by atoms with Gasteiger partial charge in [-0.15, -0.1) is 0 Å². The Labute approximate surface area is 121 Å². The van der Waals surface area contributed by atoms with E-state index in [9.17, 15) is 4.79 Å². The van der Waals surface area contributed by atoms with Crippen LogP contribution in [-0.2, 0) is 10.2 Å². The van der Waals surface area contributed by atoms with Crippen LogP contribution >= 0.6 is 0 Å². The number of nitrogens with two attached hydrogens (primary N) is 1. The summed E-state index contributed by atoms with van der Waals surface area (Å²) in [5.74, 6) is 0.652. The zero-order valence-corrected chi connectivity index (χ0v) is 12.1. The second-order valence-corrected chi connectivity index (χ2v) is 6.43. The maximum atomic E-state index is 12.2. The summed E-state index contributed by atoms with van der Waals surface area (Å²) in [6.45, 7) is 2.36. The van der Waals surface area contributed by atoms with Crippen molar-refractivity contribution in [3.8, 4) is 0 Å². The molecule has 1 aromatic carbocycles. The maximum absolute atomic E-state index is 12.2. The van der Waals surface area contributed by atoms with E-state index in [4.69, 9.17) is 5.73 Å². The third-order valence-corrected chi connectivity index (χ3v) is 5.07. The van der Waals surface area contributed by atoms with Gasteiger partial charge < -0.3 is 10.6 Å². The van der Waals surface area contributed by atoms with Gasteiger partial charge in [0.25, 0.3) is 0 Å². The number of benzene rings is 1. The van der Waals surface area contributed by atoms with Crippen LogP contribution in [0.5, 0.6) is 0 Å². The van der Waals surface area contributed by atoms with E-state index in [1.165, 1.54) is 31.2 Å². The molecule has 20 heavy (non-hydrogen) atoms. The fourth-order valence-electron chi connectivity index (χ4n) is 3.91. The third-order valence-electron chi connectivity index (χ3n) is 5.07. The number of hydrogen-bond acceptors (Lipinski definition) is 2. The van der Waals surface area contributed by atoms with Crippen molar-refractivity contribution in [1.82, 2.24) is 4.90 Å². The van der Waals surface area contributed by atoms with Crippen LogP contribution in [0.1, 0.15) is 37.7 Å². The second kappa shape index (κ2) is 5.57. The molecule has 3 nitrogen and oxygen atoms in total. The Morgan fingerprint density at radius 3 is 2.50 bits per heavy atom. The first-order chi connectivity index (χ1) is 9.73. The van der Waals surface area contributed by atoms with Crippen LogP contribution in [-0.4, -0.2) is 30.4 Å². The molecule has 1 aliphatic carbocycles. The maximum Gasteiger partial charge on any atom is 0.223 e. The lowest BCUT2D eigenvalue weighted by Crippen LogP contribution is -2.40. The Hall–Kier alpha value is -1.35. The van der Waals surface area contributed by atoms with E-state index in [1.807, 2.05) is 0 Å². The van der Waals surface area contributed by atoms with Gasteiger partial charge in [-0.3, -0.25) is 4.79 Å². The molecule has 2 fully saturated rings. The van der Waals surface area contributed by atoms with Crippen molar-refractivity contribution in [1.29, 1.82) is 0 Å². The molecular weight excluding hydrogens is 248 g/mol. The Morgan fingerprint density at radius 2 is 1.90 bits per heavy atom. The van der Waals surface area contributed by atoms with E-state index in [-0.39, 0.29) is 5.41 Å². The monoisotopic (exact) mass is 272 g/mol.